The number of hydrogen-bond acceptors (Lipinski definition) is 9. The van der Waals surface area contributed by atoms with Gasteiger partial charge in [-0.1, -0.05) is 23.9 Å². The maximum Gasteiger partial charge on any atom is 0.277 e. The fraction of sp³-hybridized carbons (Fsp3) is 0.300. The van der Waals surface area contributed by atoms with Crippen molar-refractivity contribution < 1.29 is 17.6 Å². The Balaban J connectivity index is 1.35. The van der Waals surface area contributed by atoms with Crippen LogP contribution in [0.4, 0.5) is 11.4 Å². The molecule has 1 aliphatic heterocycles. The summed E-state index contributed by atoms with van der Waals surface area (Å²) in [6.07, 6.45) is 4.50. The number of para-hydroxylation sites is 2. The summed E-state index contributed by atoms with van der Waals surface area (Å²) in [5.41, 5.74) is 2.24. The van der Waals surface area contributed by atoms with Crippen LogP contribution in [0.25, 0.3) is 11.5 Å². The van der Waals surface area contributed by atoms with E-state index >= 15 is 0 Å². The molecule has 1 N–H and O–H groups in total. The predicted molar refractivity (Wildman–Crippen MR) is 122 cm³/mol. The van der Waals surface area contributed by atoms with Crippen molar-refractivity contribution in [3.63, 3.8) is 0 Å². The highest BCUT2D eigenvalue weighted by molar-refractivity contribution is 7.99. The van der Waals surface area contributed by atoms with Gasteiger partial charge in [0.2, 0.25) is 21.8 Å². The molecule has 1 aromatic carbocycles. The zero-order valence-electron chi connectivity index (χ0n) is 17.3. The Hall–Kier alpha value is -2.96. The van der Waals surface area contributed by atoms with Crippen molar-refractivity contribution in [3.05, 3.63) is 48.8 Å². The number of rotatable bonds is 7. The molecule has 3 aromatic rings. The average Bonchev–Trinajstić information content (AvgIpc) is 3.27. The minimum Gasteiger partial charge on any atom is -0.411 e. The Morgan fingerprint density at radius 2 is 1.91 bits per heavy atom. The molecule has 12 heteroatoms. The molecule has 168 valence electrons. The third-order valence-corrected chi connectivity index (χ3v) is 6.99. The lowest BCUT2D eigenvalue weighted by molar-refractivity contribution is -0.113. The number of hydrogen-bond donors (Lipinski definition) is 1. The number of piperazine rings is 1. The summed E-state index contributed by atoms with van der Waals surface area (Å²) in [6, 6.07) is 11.1. The van der Waals surface area contributed by atoms with Gasteiger partial charge in [0.1, 0.15) is 0 Å². The van der Waals surface area contributed by atoms with E-state index in [1.807, 2.05) is 30.3 Å². The Labute approximate surface area is 190 Å². The molecule has 0 spiro atoms. The van der Waals surface area contributed by atoms with Crippen molar-refractivity contribution >= 4 is 39.1 Å². The summed E-state index contributed by atoms with van der Waals surface area (Å²) in [5.74, 6) is 0.239. The largest absolute Gasteiger partial charge is 0.411 e. The summed E-state index contributed by atoms with van der Waals surface area (Å²) in [7, 11) is -3.20. The SMILES string of the molecule is CS(=O)(=O)N1CCN(c2ccccc2NC(=O)CSc2nnc(-c3cccnc3)o2)CC1. The fourth-order valence-corrected chi connectivity index (χ4v) is 4.69. The lowest BCUT2D eigenvalue weighted by atomic mass is 10.2. The Kier molecular flexibility index (Phi) is 6.72. The van der Waals surface area contributed by atoms with E-state index in [1.54, 1.807) is 18.5 Å². The second-order valence-electron chi connectivity index (χ2n) is 7.12. The lowest BCUT2D eigenvalue weighted by Crippen LogP contribution is -2.48. The molecular formula is C20H22N6O4S2. The highest BCUT2D eigenvalue weighted by atomic mass is 32.2. The zero-order chi connectivity index (χ0) is 22.6. The molecule has 0 atom stereocenters. The summed E-state index contributed by atoms with van der Waals surface area (Å²) in [4.78, 5) is 18.6. The van der Waals surface area contributed by atoms with E-state index < -0.39 is 10.0 Å². The Bertz CT molecular complexity index is 1180. The van der Waals surface area contributed by atoms with Gasteiger partial charge in [0.15, 0.2) is 0 Å². The number of anilines is 2. The third kappa shape index (κ3) is 5.44. The van der Waals surface area contributed by atoms with Crippen LogP contribution >= 0.6 is 11.8 Å². The topological polar surface area (TPSA) is 122 Å². The number of carbonyl (C=O) groups excluding carboxylic acids is 1. The molecule has 0 unspecified atom stereocenters. The molecule has 0 aliphatic carbocycles. The Morgan fingerprint density at radius 3 is 2.62 bits per heavy atom. The van der Waals surface area contributed by atoms with E-state index in [9.17, 15) is 13.2 Å². The van der Waals surface area contributed by atoms with Crippen molar-refractivity contribution in [2.24, 2.45) is 0 Å². The number of nitrogens with zero attached hydrogens (tertiary/aromatic N) is 5. The molecule has 1 saturated heterocycles. The average molecular weight is 475 g/mol. The first-order valence-corrected chi connectivity index (χ1v) is 12.7. The van der Waals surface area contributed by atoms with Crippen LogP contribution in [0.1, 0.15) is 0 Å². The first-order valence-electron chi connectivity index (χ1n) is 9.86. The van der Waals surface area contributed by atoms with Gasteiger partial charge in [-0.15, -0.1) is 10.2 Å². The summed E-state index contributed by atoms with van der Waals surface area (Å²) >= 11 is 1.15. The quantitative estimate of drug-likeness (QED) is 0.512. The van der Waals surface area contributed by atoms with Gasteiger partial charge < -0.3 is 14.6 Å². The first kappa shape index (κ1) is 22.2. The van der Waals surface area contributed by atoms with Crippen molar-refractivity contribution in [3.8, 4) is 11.5 Å². The molecule has 1 amide bonds. The van der Waals surface area contributed by atoms with E-state index in [0.29, 0.717) is 48.5 Å². The minimum absolute atomic E-state index is 0.102. The molecule has 10 nitrogen and oxygen atoms in total. The summed E-state index contributed by atoms with van der Waals surface area (Å²) in [6.45, 7) is 1.92. The van der Waals surface area contributed by atoms with Crippen LogP contribution in [-0.2, 0) is 14.8 Å². The van der Waals surface area contributed by atoms with Crippen LogP contribution in [0, 0.1) is 0 Å². The monoisotopic (exact) mass is 474 g/mol. The van der Waals surface area contributed by atoms with E-state index in [-0.39, 0.29) is 11.7 Å². The van der Waals surface area contributed by atoms with Crippen LogP contribution in [-0.4, -0.2) is 72.0 Å². The number of benzene rings is 1. The van der Waals surface area contributed by atoms with Gasteiger partial charge in [0.25, 0.3) is 5.22 Å². The second kappa shape index (κ2) is 9.67. The second-order valence-corrected chi connectivity index (χ2v) is 10.0. The Morgan fingerprint density at radius 1 is 1.12 bits per heavy atom. The number of aromatic nitrogens is 3. The maximum atomic E-state index is 12.5. The van der Waals surface area contributed by atoms with Gasteiger partial charge in [-0.3, -0.25) is 9.78 Å². The van der Waals surface area contributed by atoms with Crippen LogP contribution in [0.3, 0.4) is 0 Å². The maximum absolute atomic E-state index is 12.5. The predicted octanol–water partition coefficient (Wildman–Crippen LogP) is 1.94. The van der Waals surface area contributed by atoms with Crippen molar-refractivity contribution in [1.29, 1.82) is 0 Å². The van der Waals surface area contributed by atoms with E-state index in [2.05, 4.69) is 25.4 Å². The molecule has 1 aliphatic rings. The molecular weight excluding hydrogens is 452 g/mol. The molecule has 0 radical (unpaired) electrons. The molecule has 0 saturated carbocycles. The van der Waals surface area contributed by atoms with Gasteiger partial charge in [-0.05, 0) is 24.3 Å². The molecule has 3 heterocycles. The molecule has 32 heavy (non-hydrogen) atoms. The van der Waals surface area contributed by atoms with Crippen LogP contribution < -0.4 is 10.2 Å². The normalized spacial score (nSPS) is 15.0. The summed E-state index contributed by atoms with van der Waals surface area (Å²) < 4.78 is 30.5. The van der Waals surface area contributed by atoms with Gasteiger partial charge in [0.05, 0.1) is 28.9 Å². The molecule has 0 bridgehead atoms. The molecule has 2 aromatic heterocycles. The number of amides is 1. The van der Waals surface area contributed by atoms with Crippen LogP contribution in [0.5, 0.6) is 0 Å². The zero-order valence-corrected chi connectivity index (χ0v) is 19.0. The standard InChI is InChI=1S/C20H22N6O4S2/c1-32(28,29)26-11-9-25(10-12-26)17-7-3-2-6-16(17)22-18(27)14-31-20-24-23-19(30-20)15-5-4-8-21-13-15/h2-8,13H,9-12,14H2,1H3,(H,22,27). The van der Waals surface area contributed by atoms with Crippen molar-refractivity contribution in [2.45, 2.75) is 5.22 Å². The third-order valence-electron chi connectivity index (χ3n) is 4.87. The van der Waals surface area contributed by atoms with Gasteiger partial charge >= 0.3 is 0 Å². The first-order chi connectivity index (χ1) is 15.4. The lowest BCUT2D eigenvalue weighted by Gasteiger charge is -2.35. The van der Waals surface area contributed by atoms with E-state index in [0.717, 1.165) is 17.4 Å². The van der Waals surface area contributed by atoms with Gasteiger partial charge in [-0.25, -0.2) is 8.42 Å². The van der Waals surface area contributed by atoms with Crippen molar-refractivity contribution in [1.82, 2.24) is 19.5 Å². The fourth-order valence-electron chi connectivity index (χ4n) is 3.30. The highest BCUT2D eigenvalue weighted by Gasteiger charge is 2.24. The number of carbonyl (C=O) groups is 1. The van der Waals surface area contributed by atoms with E-state index in [4.69, 9.17) is 4.42 Å². The smallest absolute Gasteiger partial charge is 0.277 e. The number of nitrogens with one attached hydrogen (secondary N) is 1. The summed E-state index contributed by atoms with van der Waals surface area (Å²) in [5, 5.41) is 11.2. The van der Waals surface area contributed by atoms with E-state index in [1.165, 1.54) is 10.6 Å². The van der Waals surface area contributed by atoms with Gasteiger partial charge in [-0.2, -0.15) is 4.31 Å². The van der Waals surface area contributed by atoms with Crippen LogP contribution in [0.15, 0.2) is 58.4 Å². The van der Waals surface area contributed by atoms with Gasteiger partial charge in [0, 0.05) is 38.6 Å². The number of pyridine rings is 1. The van der Waals surface area contributed by atoms with Crippen LogP contribution in [0.2, 0.25) is 0 Å². The number of sulfonamides is 1. The minimum atomic E-state index is -3.20. The molecule has 4 rings (SSSR count). The highest BCUT2D eigenvalue weighted by Crippen LogP contribution is 2.28. The molecule has 1 fully saturated rings. The van der Waals surface area contributed by atoms with Crippen molar-refractivity contribution in [2.75, 3.05) is 48.4 Å². The number of thioether (sulfide) groups is 1.